The van der Waals surface area contributed by atoms with Gasteiger partial charge in [-0.05, 0) is 50.8 Å². The molecule has 0 radical (unpaired) electrons. The molecule has 0 N–H and O–H groups in total. The molecule has 4 rings (SSSR count). The third kappa shape index (κ3) is 3.03. The minimum Gasteiger partial charge on any atom is -0.339 e. The van der Waals surface area contributed by atoms with Gasteiger partial charge >= 0.3 is 0 Å². The van der Waals surface area contributed by atoms with Crippen LogP contribution >= 0.6 is 0 Å². The molecular formula is C18H19F2N3O2. The summed E-state index contributed by atoms with van der Waals surface area (Å²) >= 11 is 0. The summed E-state index contributed by atoms with van der Waals surface area (Å²) in [6.07, 6.45) is 3.70. The van der Waals surface area contributed by atoms with Crippen LogP contribution in [0.2, 0.25) is 0 Å². The molecule has 1 amide bonds. The van der Waals surface area contributed by atoms with Crippen molar-refractivity contribution in [3.8, 4) is 0 Å². The number of likely N-dealkylation sites (tertiary alicyclic amines) is 1. The van der Waals surface area contributed by atoms with Crippen molar-refractivity contribution in [2.45, 2.75) is 43.9 Å². The van der Waals surface area contributed by atoms with Gasteiger partial charge in [-0.3, -0.25) is 4.79 Å². The molecule has 2 heterocycles. The number of hydrogen-bond acceptors (Lipinski definition) is 4. The van der Waals surface area contributed by atoms with E-state index in [1.54, 1.807) is 4.90 Å². The fourth-order valence-electron chi connectivity index (χ4n) is 3.41. The zero-order valence-electron chi connectivity index (χ0n) is 14.0. The predicted molar refractivity (Wildman–Crippen MR) is 85.1 cm³/mol. The lowest BCUT2D eigenvalue weighted by Crippen LogP contribution is -2.47. The van der Waals surface area contributed by atoms with Gasteiger partial charge in [0.15, 0.2) is 5.82 Å². The molecule has 132 valence electrons. The standard InChI is InChI=1S/C18H19F2N3O2/c1-18(17-21-15(22-25-17)11-3-4-11)7-2-8-23(10-18)16(24)13-9-12(19)5-6-14(13)20/h5-6,9,11H,2-4,7-8,10H2,1H3. The van der Waals surface area contributed by atoms with E-state index in [4.69, 9.17) is 4.52 Å². The van der Waals surface area contributed by atoms with E-state index in [0.29, 0.717) is 24.9 Å². The summed E-state index contributed by atoms with van der Waals surface area (Å²) in [5.74, 6) is -0.209. The highest BCUT2D eigenvalue weighted by Crippen LogP contribution is 2.40. The van der Waals surface area contributed by atoms with Crippen molar-refractivity contribution in [1.29, 1.82) is 0 Å². The van der Waals surface area contributed by atoms with E-state index >= 15 is 0 Å². The van der Waals surface area contributed by atoms with Crippen molar-refractivity contribution in [3.05, 3.63) is 47.1 Å². The van der Waals surface area contributed by atoms with Gasteiger partial charge in [0.1, 0.15) is 11.6 Å². The van der Waals surface area contributed by atoms with Crippen molar-refractivity contribution in [2.75, 3.05) is 13.1 Å². The summed E-state index contributed by atoms with van der Waals surface area (Å²) < 4.78 is 32.8. The van der Waals surface area contributed by atoms with Gasteiger partial charge in [-0.1, -0.05) is 5.16 Å². The number of benzene rings is 1. The molecular weight excluding hydrogens is 328 g/mol. The summed E-state index contributed by atoms with van der Waals surface area (Å²) in [4.78, 5) is 18.7. The van der Waals surface area contributed by atoms with Crippen LogP contribution in [0, 0.1) is 11.6 Å². The van der Waals surface area contributed by atoms with Gasteiger partial charge < -0.3 is 9.42 Å². The average Bonchev–Trinajstić information content (AvgIpc) is 3.32. The van der Waals surface area contributed by atoms with Crippen LogP contribution in [0.3, 0.4) is 0 Å². The second-order valence-corrected chi connectivity index (χ2v) is 7.25. The Morgan fingerprint density at radius 1 is 1.36 bits per heavy atom. The molecule has 1 aromatic heterocycles. The lowest BCUT2D eigenvalue weighted by Gasteiger charge is -2.38. The first-order chi connectivity index (χ1) is 12.0. The minimum absolute atomic E-state index is 0.242. The van der Waals surface area contributed by atoms with Gasteiger partial charge in [0.05, 0.1) is 11.0 Å². The molecule has 1 aliphatic heterocycles. The van der Waals surface area contributed by atoms with Gasteiger partial charge in [-0.2, -0.15) is 4.98 Å². The molecule has 7 heteroatoms. The predicted octanol–water partition coefficient (Wildman–Crippen LogP) is 3.42. The minimum atomic E-state index is -0.715. The molecule has 5 nitrogen and oxygen atoms in total. The Bertz CT molecular complexity index is 818. The molecule has 25 heavy (non-hydrogen) atoms. The summed E-state index contributed by atoms with van der Waals surface area (Å²) in [5.41, 5.74) is -0.717. The first kappa shape index (κ1) is 16.2. The zero-order valence-corrected chi connectivity index (χ0v) is 14.0. The molecule has 1 saturated carbocycles. The molecule has 1 saturated heterocycles. The average molecular weight is 347 g/mol. The summed E-state index contributed by atoms with van der Waals surface area (Å²) in [6.45, 7) is 2.81. The number of nitrogens with zero attached hydrogens (tertiary/aromatic N) is 3. The number of carbonyl (C=O) groups is 1. The van der Waals surface area contributed by atoms with E-state index in [1.165, 1.54) is 0 Å². The monoisotopic (exact) mass is 347 g/mol. The Labute approximate surface area is 144 Å². The summed E-state index contributed by atoms with van der Waals surface area (Å²) in [7, 11) is 0. The topological polar surface area (TPSA) is 59.2 Å². The van der Waals surface area contributed by atoms with Crippen molar-refractivity contribution in [1.82, 2.24) is 15.0 Å². The number of aromatic nitrogens is 2. The maximum absolute atomic E-state index is 13.9. The molecule has 1 unspecified atom stereocenters. The molecule has 1 aliphatic carbocycles. The maximum Gasteiger partial charge on any atom is 0.256 e. The molecule has 2 aromatic rings. The molecule has 1 atom stereocenters. The van der Waals surface area contributed by atoms with E-state index in [-0.39, 0.29) is 5.56 Å². The number of rotatable bonds is 3. The second-order valence-electron chi connectivity index (χ2n) is 7.25. The molecule has 2 fully saturated rings. The fraction of sp³-hybridized carbons (Fsp3) is 0.500. The van der Waals surface area contributed by atoms with Crippen LogP contribution in [0.1, 0.15) is 60.6 Å². The van der Waals surface area contributed by atoms with Crippen molar-refractivity contribution >= 4 is 5.91 Å². The Kier molecular flexibility index (Phi) is 3.81. The van der Waals surface area contributed by atoms with E-state index in [2.05, 4.69) is 10.1 Å². The summed E-state index contributed by atoms with van der Waals surface area (Å²) in [5, 5.41) is 4.05. The zero-order chi connectivity index (χ0) is 17.6. The van der Waals surface area contributed by atoms with Crippen molar-refractivity contribution in [3.63, 3.8) is 0 Å². The third-order valence-electron chi connectivity index (χ3n) is 5.04. The number of carbonyl (C=O) groups excluding carboxylic acids is 1. The van der Waals surface area contributed by atoms with Gasteiger partial charge in [-0.15, -0.1) is 0 Å². The Morgan fingerprint density at radius 3 is 2.92 bits per heavy atom. The van der Waals surface area contributed by atoms with Crippen molar-refractivity contribution < 1.29 is 18.1 Å². The van der Waals surface area contributed by atoms with Crippen LogP contribution < -0.4 is 0 Å². The Hall–Kier alpha value is -2.31. The smallest absolute Gasteiger partial charge is 0.256 e. The quantitative estimate of drug-likeness (QED) is 0.854. The number of hydrogen-bond donors (Lipinski definition) is 0. The highest BCUT2D eigenvalue weighted by Gasteiger charge is 2.41. The van der Waals surface area contributed by atoms with Crippen LogP contribution in [0.15, 0.2) is 22.7 Å². The van der Waals surface area contributed by atoms with Gasteiger partial charge in [0.2, 0.25) is 5.89 Å². The van der Waals surface area contributed by atoms with E-state index in [1.807, 2.05) is 6.92 Å². The molecule has 0 spiro atoms. The Morgan fingerprint density at radius 2 is 2.16 bits per heavy atom. The third-order valence-corrected chi connectivity index (χ3v) is 5.04. The maximum atomic E-state index is 13.9. The summed E-state index contributed by atoms with van der Waals surface area (Å²) in [6, 6.07) is 2.93. The Balaban J connectivity index is 1.57. The van der Waals surface area contributed by atoms with Gasteiger partial charge in [0, 0.05) is 19.0 Å². The van der Waals surface area contributed by atoms with Crippen molar-refractivity contribution in [2.24, 2.45) is 0 Å². The lowest BCUT2D eigenvalue weighted by molar-refractivity contribution is 0.0614. The number of piperidine rings is 1. The normalized spacial score (nSPS) is 23.7. The van der Waals surface area contributed by atoms with Crippen LogP contribution in [-0.2, 0) is 5.41 Å². The fourth-order valence-corrected chi connectivity index (χ4v) is 3.41. The van der Waals surface area contributed by atoms with E-state index < -0.39 is 23.0 Å². The van der Waals surface area contributed by atoms with Crippen LogP contribution in [0.4, 0.5) is 8.78 Å². The number of halogens is 2. The van der Waals surface area contributed by atoms with Gasteiger partial charge in [0.25, 0.3) is 5.91 Å². The number of amides is 1. The lowest BCUT2D eigenvalue weighted by atomic mass is 9.81. The highest BCUT2D eigenvalue weighted by atomic mass is 19.1. The van der Waals surface area contributed by atoms with E-state index in [0.717, 1.165) is 49.7 Å². The molecule has 1 aromatic carbocycles. The van der Waals surface area contributed by atoms with Gasteiger partial charge in [-0.25, -0.2) is 8.78 Å². The van der Waals surface area contributed by atoms with E-state index in [9.17, 15) is 13.6 Å². The largest absolute Gasteiger partial charge is 0.339 e. The highest BCUT2D eigenvalue weighted by molar-refractivity contribution is 5.94. The van der Waals surface area contributed by atoms with Crippen LogP contribution in [0.5, 0.6) is 0 Å². The molecule has 0 bridgehead atoms. The SMILES string of the molecule is CC1(c2nc(C3CC3)no2)CCCN(C(=O)c2cc(F)ccc2F)C1. The van der Waals surface area contributed by atoms with Crippen LogP contribution in [-0.4, -0.2) is 34.0 Å². The molecule has 2 aliphatic rings. The van der Waals surface area contributed by atoms with Crippen LogP contribution in [0.25, 0.3) is 0 Å². The first-order valence-electron chi connectivity index (χ1n) is 8.55. The first-order valence-corrected chi connectivity index (χ1v) is 8.55. The second kappa shape index (κ2) is 5.89.